The van der Waals surface area contributed by atoms with Crippen LogP contribution in [0.1, 0.15) is 15.9 Å². The summed E-state index contributed by atoms with van der Waals surface area (Å²) in [5.74, 6) is -0.608. The maximum absolute atomic E-state index is 13.4. The van der Waals surface area contributed by atoms with Crippen molar-refractivity contribution in [3.05, 3.63) is 101 Å². The average Bonchev–Trinajstić information content (AvgIpc) is 3.18. The molecule has 0 atom stereocenters. The summed E-state index contributed by atoms with van der Waals surface area (Å²) in [6.45, 7) is 0. The average molecular weight is 451 g/mol. The number of hydrogen-bond acceptors (Lipinski definition) is 5. The SMILES string of the molecule is O=C(Nc1sc(NN=Cc2ccc(Cl)cc2)nc1-c1ccc(F)cc1)c1ccccc1. The van der Waals surface area contributed by atoms with Gasteiger partial charge in [-0.3, -0.25) is 10.2 Å². The van der Waals surface area contributed by atoms with Crippen molar-refractivity contribution in [3.8, 4) is 11.3 Å². The van der Waals surface area contributed by atoms with Gasteiger partial charge in [0.2, 0.25) is 5.13 Å². The van der Waals surface area contributed by atoms with Gasteiger partial charge >= 0.3 is 0 Å². The molecule has 0 radical (unpaired) electrons. The van der Waals surface area contributed by atoms with E-state index in [2.05, 4.69) is 20.8 Å². The van der Waals surface area contributed by atoms with Gasteiger partial charge in [0.1, 0.15) is 16.5 Å². The number of aromatic nitrogens is 1. The molecule has 0 saturated heterocycles. The van der Waals surface area contributed by atoms with E-state index in [1.165, 1.54) is 23.5 Å². The van der Waals surface area contributed by atoms with Crippen LogP contribution >= 0.6 is 22.9 Å². The van der Waals surface area contributed by atoms with Gasteiger partial charge in [-0.2, -0.15) is 5.10 Å². The first-order valence-electron chi connectivity index (χ1n) is 9.26. The van der Waals surface area contributed by atoms with Gasteiger partial charge in [0.25, 0.3) is 5.91 Å². The summed E-state index contributed by atoms with van der Waals surface area (Å²) < 4.78 is 13.4. The van der Waals surface area contributed by atoms with Crippen LogP contribution in [0.15, 0.2) is 84.0 Å². The number of carbonyl (C=O) groups excluding carboxylic acids is 1. The number of rotatable bonds is 6. The normalized spacial score (nSPS) is 10.9. The van der Waals surface area contributed by atoms with Crippen molar-refractivity contribution in [2.45, 2.75) is 0 Å². The molecule has 0 unspecified atom stereocenters. The highest BCUT2D eigenvalue weighted by molar-refractivity contribution is 7.20. The molecule has 0 spiro atoms. The second-order valence-electron chi connectivity index (χ2n) is 6.45. The summed E-state index contributed by atoms with van der Waals surface area (Å²) in [6, 6.07) is 22.0. The summed E-state index contributed by atoms with van der Waals surface area (Å²) in [5.41, 5.74) is 5.47. The smallest absolute Gasteiger partial charge is 0.256 e. The Labute approximate surface area is 187 Å². The standard InChI is InChI=1S/C23H16ClFN4OS/c24-18-10-6-15(7-11-18)14-26-29-23-27-20(16-8-12-19(25)13-9-16)22(31-23)28-21(30)17-4-2-1-3-5-17/h1-14H,(H,27,29)(H,28,30). The number of nitrogens with one attached hydrogen (secondary N) is 2. The largest absolute Gasteiger partial charge is 0.312 e. The number of halogens is 2. The monoisotopic (exact) mass is 450 g/mol. The molecule has 0 aliphatic carbocycles. The number of benzene rings is 3. The van der Waals surface area contributed by atoms with Crippen LogP contribution in [0, 0.1) is 5.82 Å². The fraction of sp³-hybridized carbons (Fsp3) is 0. The molecule has 0 aliphatic rings. The zero-order valence-electron chi connectivity index (χ0n) is 16.0. The second kappa shape index (κ2) is 9.51. The molecule has 2 N–H and O–H groups in total. The lowest BCUT2D eigenvalue weighted by Gasteiger charge is -2.05. The Morgan fingerprint density at radius 1 is 1.00 bits per heavy atom. The summed E-state index contributed by atoms with van der Waals surface area (Å²) in [4.78, 5) is 17.2. The fourth-order valence-corrected chi connectivity index (χ4v) is 3.69. The minimum Gasteiger partial charge on any atom is -0.312 e. The van der Waals surface area contributed by atoms with Gasteiger partial charge in [-0.05, 0) is 54.1 Å². The molecule has 0 fully saturated rings. The number of nitrogens with zero attached hydrogens (tertiary/aromatic N) is 2. The van der Waals surface area contributed by atoms with Gasteiger partial charge < -0.3 is 5.32 Å². The van der Waals surface area contributed by atoms with E-state index in [4.69, 9.17) is 11.6 Å². The van der Waals surface area contributed by atoms with Gasteiger partial charge in [0, 0.05) is 16.1 Å². The Morgan fingerprint density at radius 3 is 2.42 bits per heavy atom. The Morgan fingerprint density at radius 2 is 1.71 bits per heavy atom. The molecule has 31 heavy (non-hydrogen) atoms. The first-order chi connectivity index (χ1) is 15.1. The Kier molecular flexibility index (Phi) is 6.35. The number of carbonyl (C=O) groups is 1. The van der Waals surface area contributed by atoms with Crippen LogP contribution in [0.5, 0.6) is 0 Å². The van der Waals surface area contributed by atoms with E-state index < -0.39 is 0 Å². The van der Waals surface area contributed by atoms with Crippen molar-refractivity contribution in [1.82, 2.24) is 4.98 Å². The molecule has 1 amide bonds. The van der Waals surface area contributed by atoms with Crippen molar-refractivity contribution in [3.63, 3.8) is 0 Å². The number of hydrazone groups is 1. The molecule has 3 aromatic carbocycles. The van der Waals surface area contributed by atoms with Crippen LogP contribution in [0.3, 0.4) is 0 Å². The van der Waals surface area contributed by atoms with E-state index >= 15 is 0 Å². The first kappa shape index (κ1) is 20.7. The fourth-order valence-electron chi connectivity index (χ4n) is 2.73. The molecule has 0 aliphatic heterocycles. The molecule has 8 heteroatoms. The zero-order valence-corrected chi connectivity index (χ0v) is 17.6. The topological polar surface area (TPSA) is 66.4 Å². The molecular formula is C23H16ClFN4OS. The van der Waals surface area contributed by atoms with E-state index in [-0.39, 0.29) is 11.7 Å². The van der Waals surface area contributed by atoms with E-state index in [9.17, 15) is 9.18 Å². The molecule has 0 bridgehead atoms. The first-order valence-corrected chi connectivity index (χ1v) is 10.5. The number of hydrogen-bond donors (Lipinski definition) is 2. The Hall–Kier alpha value is -3.55. The van der Waals surface area contributed by atoms with Crippen LogP contribution in [-0.4, -0.2) is 17.1 Å². The van der Waals surface area contributed by atoms with E-state index in [1.807, 2.05) is 18.2 Å². The van der Waals surface area contributed by atoms with Crippen LogP contribution in [0.2, 0.25) is 5.02 Å². The van der Waals surface area contributed by atoms with Crippen LogP contribution in [0.4, 0.5) is 14.5 Å². The van der Waals surface area contributed by atoms with Crippen LogP contribution < -0.4 is 10.7 Å². The van der Waals surface area contributed by atoms with Gasteiger partial charge in [-0.25, -0.2) is 9.37 Å². The summed E-state index contributed by atoms with van der Waals surface area (Å²) in [7, 11) is 0. The molecule has 4 rings (SSSR count). The minimum atomic E-state index is -0.347. The summed E-state index contributed by atoms with van der Waals surface area (Å²) in [5, 5.41) is 8.75. The molecule has 4 aromatic rings. The summed E-state index contributed by atoms with van der Waals surface area (Å²) >= 11 is 7.13. The molecule has 154 valence electrons. The lowest BCUT2D eigenvalue weighted by atomic mass is 10.1. The highest BCUT2D eigenvalue weighted by Gasteiger charge is 2.16. The van der Waals surface area contributed by atoms with E-state index in [0.29, 0.717) is 32.0 Å². The third kappa shape index (κ3) is 5.33. The molecule has 0 saturated carbocycles. The van der Waals surface area contributed by atoms with Gasteiger partial charge in [0.15, 0.2) is 0 Å². The minimum absolute atomic E-state index is 0.260. The van der Waals surface area contributed by atoms with Crippen molar-refractivity contribution in [2.75, 3.05) is 10.7 Å². The summed E-state index contributed by atoms with van der Waals surface area (Å²) in [6.07, 6.45) is 1.64. The predicted molar refractivity (Wildman–Crippen MR) is 125 cm³/mol. The molecule has 5 nitrogen and oxygen atoms in total. The van der Waals surface area contributed by atoms with Crippen LogP contribution in [-0.2, 0) is 0 Å². The quantitative estimate of drug-likeness (QED) is 0.267. The number of anilines is 2. The molecule has 1 heterocycles. The number of thiazole rings is 1. The maximum Gasteiger partial charge on any atom is 0.256 e. The van der Waals surface area contributed by atoms with Crippen molar-refractivity contribution < 1.29 is 9.18 Å². The van der Waals surface area contributed by atoms with E-state index in [0.717, 1.165) is 5.56 Å². The molecule has 1 aromatic heterocycles. The third-order valence-electron chi connectivity index (χ3n) is 4.25. The third-order valence-corrected chi connectivity index (χ3v) is 5.38. The number of amides is 1. The van der Waals surface area contributed by atoms with Gasteiger partial charge in [-0.1, -0.05) is 53.3 Å². The van der Waals surface area contributed by atoms with Crippen molar-refractivity contribution in [1.29, 1.82) is 0 Å². The second-order valence-corrected chi connectivity index (χ2v) is 7.88. The Bertz CT molecular complexity index is 1210. The van der Waals surface area contributed by atoms with Crippen LogP contribution in [0.25, 0.3) is 11.3 Å². The van der Waals surface area contributed by atoms with Gasteiger partial charge in [0.05, 0.1) is 6.21 Å². The van der Waals surface area contributed by atoms with E-state index in [1.54, 1.807) is 54.7 Å². The highest BCUT2D eigenvalue weighted by atomic mass is 35.5. The van der Waals surface area contributed by atoms with Crippen molar-refractivity contribution >= 4 is 45.2 Å². The highest BCUT2D eigenvalue weighted by Crippen LogP contribution is 2.36. The predicted octanol–water partition coefficient (Wildman–Crippen LogP) is 6.30. The molecular weight excluding hydrogens is 435 g/mol. The lowest BCUT2D eigenvalue weighted by molar-refractivity contribution is 0.102. The Balaban J connectivity index is 1.59. The van der Waals surface area contributed by atoms with Gasteiger partial charge in [-0.15, -0.1) is 0 Å². The van der Waals surface area contributed by atoms with Crippen molar-refractivity contribution in [2.24, 2.45) is 5.10 Å². The maximum atomic E-state index is 13.4. The lowest BCUT2D eigenvalue weighted by Crippen LogP contribution is -2.11. The zero-order chi connectivity index (χ0) is 21.6.